The van der Waals surface area contributed by atoms with Gasteiger partial charge in [-0.15, -0.1) is 0 Å². The molecule has 6 heteroatoms. The Labute approximate surface area is 192 Å². The number of amides is 2. The Kier molecular flexibility index (Phi) is 6.83. The van der Waals surface area contributed by atoms with Crippen molar-refractivity contribution in [2.75, 3.05) is 5.32 Å². The van der Waals surface area contributed by atoms with Crippen molar-refractivity contribution < 1.29 is 13.6 Å². The molecule has 0 atom stereocenters. The normalized spacial score (nSPS) is 10.8. The van der Waals surface area contributed by atoms with Gasteiger partial charge in [0.1, 0.15) is 0 Å². The highest BCUT2D eigenvalue weighted by Gasteiger charge is 2.18. The second kappa shape index (κ2) is 10.1. The quantitative estimate of drug-likeness (QED) is 0.353. The van der Waals surface area contributed by atoms with Crippen molar-refractivity contribution in [2.24, 2.45) is 0 Å². The summed E-state index contributed by atoms with van der Waals surface area (Å²) in [6.45, 7) is 3.49. The van der Waals surface area contributed by atoms with E-state index in [9.17, 15) is 13.6 Å². The summed E-state index contributed by atoms with van der Waals surface area (Å²) in [5, 5.41) is 2.69. The highest BCUT2D eigenvalue weighted by atomic mass is 19.2. The molecule has 1 N–H and O–H groups in total. The minimum atomic E-state index is -1.01. The van der Waals surface area contributed by atoms with E-state index in [1.807, 2.05) is 60.8 Å². The van der Waals surface area contributed by atoms with Gasteiger partial charge in [-0.1, -0.05) is 54.6 Å². The lowest BCUT2D eigenvalue weighted by molar-refractivity contribution is 0.205. The van der Waals surface area contributed by atoms with E-state index >= 15 is 0 Å². The maximum absolute atomic E-state index is 13.6. The molecular weight excluding hydrogens is 420 g/mol. The molecule has 0 radical (unpaired) electrons. The van der Waals surface area contributed by atoms with Gasteiger partial charge in [0.05, 0.1) is 6.54 Å². The molecule has 0 unspecified atom stereocenters. The molecule has 1 aromatic heterocycles. The molecule has 4 aromatic rings. The van der Waals surface area contributed by atoms with Gasteiger partial charge in [0, 0.05) is 36.7 Å². The summed E-state index contributed by atoms with van der Waals surface area (Å²) >= 11 is 0. The van der Waals surface area contributed by atoms with Crippen LogP contribution in [0.2, 0.25) is 0 Å². The van der Waals surface area contributed by atoms with Crippen LogP contribution in [0.1, 0.15) is 22.4 Å². The fourth-order valence-electron chi connectivity index (χ4n) is 3.69. The highest BCUT2D eigenvalue weighted by Crippen LogP contribution is 2.18. The molecule has 0 spiro atoms. The van der Waals surface area contributed by atoms with E-state index < -0.39 is 17.7 Å². The number of aryl methyl sites for hydroxylation is 1. The van der Waals surface area contributed by atoms with E-state index in [0.717, 1.165) is 23.4 Å². The molecule has 0 aliphatic rings. The largest absolute Gasteiger partial charge is 0.345 e. The van der Waals surface area contributed by atoms with Crippen LogP contribution in [-0.2, 0) is 19.6 Å². The zero-order valence-electron chi connectivity index (χ0n) is 18.3. The average molecular weight is 446 g/mol. The summed E-state index contributed by atoms with van der Waals surface area (Å²) in [5.41, 5.74) is 4.54. The molecule has 168 valence electrons. The van der Waals surface area contributed by atoms with Gasteiger partial charge in [-0.05, 0) is 47.9 Å². The topological polar surface area (TPSA) is 37.3 Å². The van der Waals surface area contributed by atoms with E-state index in [-0.39, 0.29) is 5.69 Å². The van der Waals surface area contributed by atoms with Crippen molar-refractivity contribution >= 4 is 11.7 Å². The van der Waals surface area contributed by atoms with Gasteiger partial charge in [0.25, 0.3) is 0 Å². The number of rotatable bonds is 7. The lowest BCUT2D eigenvalue weighted by Crippen LogP contribution is -2.34. The Morgan fingerprint density at radius 3 is 2.39 bits per heavy atom. The van der Waals surface area contributed by atoms with Gasteiger partial charge in [-0.25, -0.2) is 13.6 Å². The van der Waals surface area contributed by atoms with Crippen molar-refractivity contribution in [1.82, 2.24) is 9.47 Å². The molecule has 0 aliphatic carbocycles. The highest BCUT2D eigenvalue weighted by molar-refractivity contribution is 5.89. The van der Waals surface area contributed by atoms with Crippen LogP contribution >= 0.6 is 0 Å². The number of benzene rings is 3. The van der Waals surface area contributed by atoms with Crippen molar-refractivity contribution in [3.05, 3.63) is 125 Å². The molecule has 4 rings (SSSR count). The van der Waals surface area contributed by atoms with Crippen LogP contribution < -0.4 is 5.32 Å². The first-order valence-electron chi connectivity index (χ1n) is 10.7. The molecule has 0 bridgehead atoms. The summed E-state index contributed by atoms with van der Waals surface area (Å²) in [6, 6.07) is 24.7. The molecule has 0 fully saturated rings. The lowest BCUT2D eigenvalue weighted by atomic mass is 10.1. The number of carbonyl (C=O) groups excluding carboxylic acids is 1. The zero-order chi connectivity index (χ0) is 23.2. The van der Waals surface area contributed by atoms with E-state index in [4.69, 9.17) is 0 Å². The summed E-state index contributed by atoms with van der Waals surface area (Å²) in [4.78, 5) is 14.8. The predicted molar refractivity (Wildman–Crippen MR) is 126 cm³/mol. The van der Waals surface area contributed by atoms with Gasteiger partial charge in [-0.3, -0.25) is 0 Å². The third-order valence-corrected chi connectivity index (χ3v) is 5.55. The monoisotopic (exact) mass is 445 g/mol. The zero-order valence-corrected chi connectivity index (χ0v) is 18.3. The number of hydrogen-bond acceptors (Lipinski definition) is 1. The second-order valence-corrected chi connectivity index (χ2v) is 7.95. The van der Waals surface area contributed by atoms with Crippen LogP contribution in [0.4, 0.5) is 19.3 Å². The molecule has 0 saturated heterocycles. The number of urea groups is 1. The Balaban J connectivity index is 1.56. The number of anilines is 1. The van der Waals surface area contributed by atoms with Gasteiger partial charge in [0.2, 0.25) is 0 Å². The average Bonchev–Trinajstić information content (AvgIpc) is 3.24. The van der Waals surface area contributed by atoms with Crippen LogP contribution in [0.25, 0.3) is 0 Å². The van der Waals surface area contributed by atoms with Crippen molar-refractivity contribution in [3.8, 4) is 0 Å². The van der Waals surface area contributed by atoms with E-state index in [1.54, 1.807) is 4.90 Å². The Morgan fingerprint density at radius 2 is 1.64 bits per heavy atom. The molecule has 1 heterocycles. The van der Waals surface area contributed by atoms with E-state index in [2.05, 4.69) is 28.9 Å². The number of carbonyl (C=O) groups is 1. The first kappa shape index (κ1) is 22.3. The summed E-state index contributed by atoms with van der Waals surface area (Å²) in [5.74, 6) is -1.96. The van der Waals surface area contributed by atoms with Crippen LogP contribution in [0.3, 0.4) is 0 Å². The van der Waals surface area contributed by atoms with Crippen LogP contribution in [0.5, 0.6) is 0 Å². The third kappa shape index (κ3) is 5.66. The van der Waals surface area contributed by atoms with Crippen LogP contribution in [0, 0.1) is 18.6 Å². The Morgan fingerprint density at radius 1 is 0.879 bits per heavy atom. The maximum atomic E-state index is 13.6. The lowest BCUT2D eigenvalue weighted by Gasteiger charge is -2.24. The second-order valence-electron chi connectivity index (χ2n) is 7.95. The van der Waals surface area contributed by atoms with Crippen LogP contribution in [-0.4, -0.2) is 15.5 Å². The minimum absolute atomic E-state index is 0.201. The maximum Gasteiger partial charge on any atom is 0.322 e. The first-order chi connectivity index (χ1) is 16.0. The van der Waals surface area contributed by atoms with Gasteiger partial charge in [-0.2, -0.15) is 0 Å². The number of aromatic nitrogens is 1. The molecule has 0 saturated carbocycles. The van der Waals surface area contributed by atoms with Crippen molar-refractivity contribution in [1.29, 1.82) is 0 Å². The molecule has 33 heavy (non-hydrogen) atoms. The van der Waals surface area contributed by atoms with E-state index in [0.29, 0.717) is 19.6 Å². The van der Waals surface area contributed by atoms with Gasteiger partial charge < -0.3 is 14.8 Å². The SMILES string of the molecule is Cc1ccccc1Cn1cccc1CN(Cc1ccccc1)C(=O)Nc1ccc(F)c(F)c1. The van der Waals surface area contributed by atoms with Gasteiger partial charge in [0.15, 0.2) is 11.6 Å². The fourth-order valence-corrected chi connectivity index (χ4v) is 3.69. The number of nitrogens with zero attached hydrogens (tertiary/aromatic N) is 2. The smallest absolute Gasteiger partial charge is 0.322 e. The number of nitrogens with one attached hydrogen (secondary N) is 1. The number of hydrogen-bond donors (Lipinski definition) is 1. The van der Waals surface area contributed by atoms with Gasteiger partial charge >= 0.3 is 6.03 Å². The minimum Gasteiger partial charge on any atom is -0.345 e. The molecule has 2 amide bonds. The van der Waals surface area contributed by atoms with Crippen LogP contribution in [0.15, 0.2) is 91.1 Å². The van der Waals surface area contributed by atoms with Crippen molar-refractivity contribution in [3.63, 3.8) is 0 Å². The number of halogens is 2. The summed E-state index contributed by atoms with van der Waals surface area (Å²) in [6.07, 6.45) is 2.00. The van der Waals surface area contributed by atoms with Crippen molar-refractivity contribution in [2.45, 2.75) is 26.6 Å². The summed E-state index contributed by atoms with van der Waals surface area (Å²) in [7, 11) is 0. The molecule has 3 aromatic carbocycles. The third-order valence-electron chi connectivity index (χ3n) is 5.55. The predicted octanol–water partition coefficient (Wildman–Crippen LogP) is 6.36. The Bertz CT molecular complexity index is 1240. The molecule has 4 nitrogen and oxygen atoms in total. The first-order valence-corrected chi connectivity index (χ1v) is 10.7. The summed E-state index contributed by atoms with van der Waals surface area (Å²) < 4.78 is 29.0. The molecule has 0 aliphatic heterocycles. The fraction of sp³-hybridized carbons (Fsp3) is 0.148. The standard InChI is InChI=1S/C27H25F2N3O/c1-20-8-5-6-11-22(20)18-31-15-7-12-24(31)19-32(17-21-9-3-2-4-10-21)27(33)30-23-13-14-25(28)26(29)16-23/h2-16H,17-19H2,1H3,(H,30,33). The Hall–Kier alpha value is -3.93. The molecular formula is C27H25F2N3O. The van der Waals surface area contributed by atoms with E-state index in [1.165, 1.54) is 17.2 Å².